The summed E-state index contributed by atoms with van der Waals surface area (Å²) >= 11 is 0. The molecule has 0 fully saturated rings. The average Bonchev–Trinajstić information content (AvgIpc) is 2.44. The number of benzene rings is 2. The van der Waals surface area contributed by atoms with Crippen molar-refractivity contribution in [1.29, 1.82) is 0 Å². The Morgan fingerprint density at radius 2 is 0.769 bits per heavy atom. The van der Waals surface area contributed by atoms with Crippen LogP contribution in [0.3, 0.4) is 0 Å². The molecule has 4 N–H and O–H groups in total. The maximum atomic E-state index is 11.3. The van der Waals surface area contributed by atoms with E-state index in [0.29, 0.717) is 0 Å². The third-order valence-corrected chi connectivity index (χ3v) is 3.02. The third-order valence-electron chi connectivity index (χ3n) is 3.02. The van der Waals surface area contributed by atoms with E-state index in [1.165, 1.54) is 0 Å². The van der Waals surface area contributed by atoms with Crippen LogP contribution in [0.5, 0.6) is 0 Å². The molecule has 0 saturated heterocycles. The molecule has 26 heavy (non-hydrogen) atoms. The summed E-state index contributed by atoms with van der Waals surface area (Å²) in [5.74, 6) is -5.84. The van der Waals surface area contributed by atoms with Gasteiger partial charge < -0.3 is 20.4 Å². The predicted octanol–water partition coefficient (Wildman–Crippen LogP) is -10.4. The minimum Gasteiger partial charge on any atom is -0.478 e. The minimum atomic E-state index is -1.49. The molecule has 0 aliphatic heterocycles. The topological polar surface area (TPSA) is 149 Å². The Morgan fingerprint density at radius 3 is 0.962 bits per heavy atom. The van der Waals surface area contributed by atoms with Crippen LogP contribution in [0.2, 0.25) is 0 Å². The Hall–Kier alpha value is 3.13. The van der Waals surface area contributed by atoms with Crippen molar-refractivity contribution in [2.75, 3.05) is 0 Å². The van der Waals surface area contributed by atoms with Crippen molar-refractivity contribution in [3.63, 3.8) is 0 Å². The van der Waals surface area contributed by atoms with Gasteiger partial charge in [-0.3, -0.25) is 0 Å². The molecule has 2 aromatic rings. The van der Waals surface area contributed by atoms with Crippen LogP contribution in [-0.4, -0.2) is 44.3 Å². The zero-order valence-corrected chi connectivity index (χ0v) is 27.2. The number of hydrogen-bond donors (Lipinski definition) is 4. The number of aromatic carboxylic acids is 4. The molecule has 0 heterocycles. The van der Waals surface area contributed by atoms with Gasteiger partial charge in [-0.1, -0.05) is 0 Å². The number of carboxylic acid groups (broad SMARTS) is 4. The van der Waals surface area contributed by atoms with Crippen LogP contribution < -0.4 is 206 Å². The van der Waals surface area contributed by atoms with Gasteiger partial charge >= 0.3 is 229 Å². The van der Waals surface area contributed by atoms with E-state index in [2.05, 4.69) is 0 Å². The zero-order chi connectivity index (χ0) is 16.6. The van der Waals surface area contributed by atoms with Crippen LogP contribution in [0.15, 0.2) is 24.3 Å². The summed E-state index contributed by atoms with van der Waals surface area (Å²) in [5.41, 5.74) is -1.79. The maximum absolute atomic E-state index is 11.3. The molecule has 0 unspecified atom stereocenters. The van der Waals surface area contributed by atoms with Crippen LogP contribution in [0.4, 0.5) is 0 Å². The third kappa shape index (κ3) is 8.34. The summed E-state index contributed by atoms with van der Waals surface area (Å²) < 4.78 is 0. The van der Waals surface area contributed by atoms with Crippen LogP contribution in [0.1, 0.15) is 41.4 Å². The largest absolute Gasteiger partial charge is 1.00 e. The summed E-state index contributed by atoms with van der Waals surface area (Å²) in [5, 5.41) is 36.0. The van der Waals surface area contributed by atoms with Gasteiger partial charge in [0.2, 0.25) is 0 Å². The van der Waals surface area contributed by atoms with Gasteiger partial charge in [0, 0.05) is 0 Å². The van der Waals surface area contributed by atoms with E-state index in [1.807, 2.05) is 0 Å². The smallest absolute Gasteiger partial charge is 0.478 e. The predicted molar refractivity (Wildman–Crippen MR) is 71.8 cm³/mol. The second-order valence-electron chi connectivity index (χ2n) is 4.36. The normalized spacial score (nSPS) is 8.77. The number of hydrogen-bond acceptors (Lipinski definition) is 4. The molecular formula is C14H8K4O8+4. The van der Waals surface area contributed by atoms with Gasteiger partial charge in [-0.2, -0.15) is 0 Å². The van der Waals surface area contributed by atoms with Crippen molar-refractivity contribution in [2.24, 2.45) is 0 Å². The van der Waals surface area contributed by atoms with Gasteiger partial charge in [0.15, 0.2) is 0 Å². The fourth-order valence-electron chi connectivity index (χ4n) is 2.06. The Labute approximate surface area is 317 Å². The minimum absolute atomic E-state index is 0. The quantitative estimate of drug-likeness (QED) is 0.329. The molecule has 0 spiro atoms. The fourth-order valence-corrected chi connectivity index (χ4v) is 2.06. The molecule has 0 amide bonds. The van der Waals surface area contributed by atoms with Crippen molar-refractivity contribution in [3.8, 4) is 0 Å². The zero-order valence-electron chi connectivity index (χ0n) is 14.7. The molecule has 2 aromatic carbocycles. The van der Waals surface area contributed by atoms with Crippen LogP contribution in [-0.2, 0) is 0 Å². The molecule has 0 radical (unpaired) electrons. The van der Waals surface area contributed by atoms with Gasteiger partial charge in [0.1, 0.15) is 0 Å². The number of rotatable bonds is 4. The SMILES string of the molecule is O=C(O)c1cc(C(=O)O)c2cc(C(=O)O)cc(C(=O)O)c2c1.[K+].[K+].[K+].[K+]. The van der Waals surface area contributed by atoms with E-state index in [0.717, 1.165) is 24.3 Å². The number of carbonyl (C=O) groups is 4. The molecule has 8 nitrogen and oxygen atoms in total. The first-order valence-electron chi connectivity index (χ1n) is 5.77. The van der Waals surface area contributed by atoms with E-state index in [4.69, 9.17) is 20.4 Å². The first kappa shape index (κ1) is 33.8. The summed E-state index contributed by atoms with van der Waals surface area (Å²) in [6.07, 6.45) is 0. The monoisotopic (exact) mass is 460 g/mol. The molecule has 0 atom stereocenters. The molecule has 0 aromatic heterocycles. The maximum Gasteiger partial charge on any atom is 1.00 e. The van der Waals surface area contributed by atoms with Crippen molar-refractivity contribution < 1.29 is 245 Å². The second-order valence-corrected chi connectivity index (χ2v) is 4.36. The van der Waals surface area contributed by atoms with Crippen molar-refractivity contribution in [3.05, 3.63) is 46.5 Å². The summed E-state index contributed by atoms with van der Waals surface area (Å²) in [6.45, 7) is 0. The first-order chi connectivity index (χ1) is 10.2. The van der Waals surface area contributed by atoms with Gasteiger partial charge in [0.25, 0.3) is 0 Å². The van der Waals surface area contributed by atoms with Crippen molar-refractivity contribution in [1.82, 2.24) is 0 Å². The first-order valence-corrected chi connectivity index (χ1v) is 5.77. The van der Waals surface area contributed by atoms with E-state index >= 15 is 0 Å². The summed E-state index contributed by atoms with van der Waals surface area (Å²) in [6, 6.07) is 3.70. The van der Waals surface area contributed by atoms with Crippen LogP contribution in [0, 0.1) is 0 Å². The molecule has 0 aliphatic carbocycles. The van der Waals surface area contributed by atoms with Gasteiger partial charge in [0.05, 0.1) is 22.3 Å². The van der Waals surface area contributed by atoms with Gasteiger partial charge in [-0.05, 0) is 35.0 Å². The summed E-state index contributed by atoms with van der Waals surface area (Å²) in [7, 11) is 0. The fraction of sp³-hybridized carbons (Fsp3) is 0. The van der Waals surface area contributed by atoms with Crippen LogP contribution >= 0.6 is 0 Å². The second kappa shape index (κ2) is 15.0. The van der Waals surface area contributed by atoms with Gasteiger partial charge in [-0.25, -0.2) is 19.2 Å². The molecular weight excluding hydrogens is 453 g/mol. The van der Waals surface area contributed by atoms with Crippen molar-refractivity contribution >= 4 is 34.6 Å². The Kier molecular flexibility index (Phi) is 19.5. The van der Waals surface area contributed by atoms with Gasteiger partial charge in [-0.15, -0.1) is 0 Å². The molecule has 112 valence electrons. The van der Waals surface area contributed by atoms with E-state index in [1.54, 1.807) is 0 Å². The Bertz CT molecular complexity index is 794. The standard InChI is InChI=1S/C14H8O8.4K/c15-11(16)5-1-7-8(10(3-5)14(21)22)2-6(12(17)18)4-9(7)13(19)20;;;;/h1-4H,(H,15,16)(H,17,18)(H,19,20)(H,21,22);;;;/q;4*+1. The van der Waals surface area contributed by atoms with E-state index < -0.39 is 46.1 Å². The Morgan fingerprint density at radius 1 is 0.500 bits per heavy atom. The van der Waals surface area contributed by atoms with Crippen LogP contribution in [0.25, 0.3) is 10.8 Å². The molecule has 2 rings (SSSR count). The number of fused-ring (bicyclic) bond motifs is 1. The molecule has 12 heteroatoms. The summed E-state index contributed by atoms with van der Waals surface area (Å²) in [4.78, 5) is 44.6. The number of carboxylic acids is 4. The Balaban J connectivity index is -0.00000132. The van der Waals surface area contributed by atoms with E-state index in [-0.39, 0.29) is 216 Å². The van der Waals surface area contributed by atoms with E-state index in [9.17, 15) is 19.2 Å². The van der Waals surface area contributed by atoms with Crippen molar-refractivity contribution in [2.45, 2.75) is 0 Å². The molecule has 0 bridgehead atoms. The average molecular weight is 461 g/mol. The molecule has 0 saturated carbocycles. The molecule has 0 aliphatic rings.